The molecule has 158 valence electrons. The molecule has 0 saturated heterocycles. The minimum atomic E-state index is -4.82. The summed E-state index contributed by atoms with van der Waals surface area (Å²) >= 11 is 12.1. The van der Waals surface area contributed by atoms with Crippen LogP contribution in [0, 0.1) is 11.3 Å². The minimum absolute atomic E-state index is 0.173. The first-order valence-electron chi connectivity index (χ1n) is 8.49. The second-order valence-electron chi connectivity index (χ2n) is 6.02. The van der Waals surface area contributed by atoms with Crippen LogP contribution in [0.5, 0.6) is 5.75 Å². The summed E-state index contributed by atoms with van der Waals surface area (Å²) in [6.45, 7) is 0. The predicted molar refractivity (Wildman–Crippen MR) is 110 cm³/mol. The molecule has 0 spiro atoms. The van der Waals surface area contributed by atoms with E-state index in [1.165, 1.54) is 18.2 Å². The van der Waals surface area contributed by atoms with Gasteiger partial charge >= 0.3 is 6.36 Å². The van der Waals surface area contributed by atoms with Gasteiger partial charge in [-0.1, -0.05) is 23.2 Å². The van der Waals surface area contributed by atoms with Crippen molar-refractivity contribution in [2.75, 3.05) is 5.32 Å². The van der Waals surface area contributed by atoms with Crippen LogP contribution >= 0.6 is 23.2 Å². The lowest BCUT2D eigenvalue weighted by Gasteiger charge is -2.09. The first-order chi connectivity index (χ1) is 14.6. The topological polar surface area (TPSA) is 75.3 Å². The average Bonchev–Trinajstić information content (AvgIpc) is 3.16. The maximum absolute atomic E-state index is 12.3. The molecule has 1 amide bonds. The molecule has 2 aromatic carbocycles. The molecule has 5 nitrogen and oxygen atoms in total. The number of alkyl halides is 3. The summed E-state index contributed by atoms with van der Waals surface area (Å²) in [6.07, 6.45) is -3.60. The van der Waals surface area contributed by atoms with Gasteiger partial charge in [0.1, 0.15) is 28.9 Å². The summed E-state index contributed by atoms with van der Waals surface area (Å²) in [5.41, 5.74) is 0.429. The number of carbonyl (C=O) groups excluding carboxylic acids is 1. The number of anilines is 1. The molecule has 0 atom stereocenters. The summed E-state index contributed by atoms with van der Waals surface area (Å²) in [7, 11) is 0. The fourth-order valence-electron chi connectivity index (χ4n) is 2.49. The van der Waals surface area contributed by atoms with Crippen molar-refractivity contribution in [3.05, 3.63) is 76.0 Å². The number of ether oxygens (including phenoxy) is 1. The third kappa shape index (κ3) is 6.04. The summed E-state index contributed by atoms with van der Waals surface area (Å²) in [5.74, 6) is -0.613. The smallest absolute Gasteiger partial charge is 0.457 e. The highest BCUT2D eigenvalue weighted by atomic mass is 35.5. The maximum Gasteiger partial charge on any atom is 0.573 e. The number of hydrogen-bond acceptors (Lipinski definition) is 4. The molecule has 0 aliphatic rings. The number of halogens is 5. The van der Waals surface area contributed by atoms with Crippen LogP contribution in [-0.2, 0) is 4.79 Å². The van der Waals surface area contributed by atoms with Crippen molar-refractivity contribution in [3.63, 3.8) is 0 Å². The van der Waals surface area contributed by atoms with E-state index in [-0.39, 0.29) is 17.0 Å². The minimum Gasteiger partial charge on any atom is -0.457 e. The van der Waals surface area contributed by atoms with Crippen molar-refractivity contribution in [1.29, 1.82) is 5.26 Å². The van der Waals surface area contributed by atoms with E-state index in [9.17, 15) is 23.2 Å². The van der Waals surface area contributed by atoms with E-state index in [0.29, 0.717) is 21.4 Å². The summed E-state index contributed by atoms with van der Waals surface area (Å²) in [6, 6.07) is 14.2. The van der Waals surface area contributed by atoms with Crippen molar-refractivity contribution < 1.29 is 27.1 Å². The number of amides is 1. The fraction of sp³-hybridized carbons (Fsp3) is 0.0476. The third-order valence-electron chi connectivity index (χ3n) is 3.82. The van der Waals surface area contributed by atoms with Gasteiger partial charge < -0.3 is 14.5 Å². The molecule has 0 radical (unpaired) electrons. The second-order valence-corrected chi connectivity index (χ2v) is 6.87. The van der Waals surface area contributed by atoms with E-state index in [2.05, 4.69) is 10.1 Å². The Labute approximate surface area is 184 Å². The number of carbonyl (C=O) groups is 1. The number of furan rings is 1. The molecule has 3 aromatic rings. The number of rotatable bonds is 5. The Morgan fingerprint density at radius 2 is 1.81 bits per heavy atom. The number of benzene rings is 2. The van der Waals surface area contributed by atoms with E-state index >= 15 is 0 Å². The van der Waals surface area contributed by atoms with Gasteiger partial charge in [-0.05, 0) is 54.6 Å². The van der Waals surface area contributed by atoms with Crippen LogP contribution in [0.3, 0.4) is 0 Å². The van der Waals surface area contributed by atoms with Crippen molar-refractivity contribution in [3.8, 4) is 23.1 Å². The molecule has 10 heteroatoms. The first kappa shape index (κ1) is 22.3. The zero-order valence-corrected chi connectivity index (χ0v) is 16.8. The number of nitrogens with zero attached hydrogens (tertiary/aromatic N) is 1. The molecule has 0 aliphatic carbocycles. The van der Waals surface area contributed by atoms with Gasteiger partial charge in [-0.3, -0.25) is 4.79 Å². The largest absolute Gasteiger partial charge is 0.573 e. The van der Waals surface area contributed by atoms with Gasteiger partial charge in [0.15, 0.2) is 0 Å². The average molecular weight is 467 g/mol. The molecule has 0 fully saturated rings. The molecule has 31 heavy (non-hydrogen) atoms. The highest BCUT2D eigenvalue weighted by Crippen LogP contribution is 2.32. The second kappa shape index (κ2) is 9.16. The molecule has 0 bridgehead atoms. The molecular weight excluding hydrogens is 456 g/mol. The number of nitriles is 1. The highest BCUT2D eigenvalue weighted by Gasteiger charge is 2.31. The third-order valence-corrected chi connectivity index (χ3v) is 4.38. The normalized spacial score (nSPS) is 11.7. The van der Waals surface area contributed by atoms with E-state index in [4.69, 9.17) is 27.6 Å². The van der Waals surface area contributed by atoms with Gasteiger partial charge in [0.2, 0.25) is 0 Å². The zero-order chi connectivity index (χ0) is 22.6. The Bertz CT molecular complexity index is 1180. The van der Waals surface area contributed by atoms with Gasteiger partial charge in [0.25, 0.3) is 5.91 Å². The Morgan fingerprint density at radius 3 is 2.45 bits per heavy atom. The van der Waals surface area contributed by atoms with Crippen LogP contribution in [-0.4, -0.2) is 12.3 Å². The van der Waals surface area contributed by atoms with E-state index in [1.807, 2.05) is 0 Å². The standard InChI is InChI=1S/C21H11Cl2F3N2O3/c22-13-1-7-18(23)17(10-13)19-8-6-16(30-19)9-12(11-27)20(29)28-14-2-4-15(5-3-14)31-21(24,25)26/h1-10H,(H,28,29)/b12-9+. The predicted octanol–water partition coefficient (Wildman–Crippen LogP) is 6.70. The molecule has 0 unspecified atom stereocenters. The Balaban J connectivity index is 1.75. The van der Waals surface area contributed by atoms with Crippen LogP contribution in [0.25, 0.3) is 17.4 Å². The van der Waals surface area contributed by atoms with Crippen LogP contribution in [0.1, 0.15) is 5.76 Å². The Kier molecular flexibility index (Phi) is 6.59. The lowest BCUT2D eigenvalue weighted by molar-refractivity contribution is -0.274. The van der Waals surface area contributed by atoms with Crippen LogP contribution in [0.2, 0.25) is 10.0 Å². The zero-order valence-electron chi connectivity index (χ0n) is 15.3. The SMILES string of the molecule is N#C/C(=C\c1ccc(-c2cc(Cl)ccc2Cl)o1)C(=O)Nc1ccc(OC(F)(F)F)cc1. The van der Waals surface area contributed by atoms with Gasteiger partial charge in [0, 0.05) is 22.3 Å². The summed E-state index contributed by atoms with van der Waals surface area (Å²) in [5, 5.41) is 12.6. The number of nitrogens with one attached hydrogen (secondary N) is 1. The first-order valence-corrected chi connectivity index (χ1v) is 9.24. The number of hydrogen-bond donors (Lipinski definition) is 1. The van der Waals surface area contributed by atoms with Crippen molar-refractivity contribution >= 4 is 40.9 Å². The fourth-order valence-corrected chi connectivity index (χ4v) is 2.87. The van der Waals surface area contributed by atoms with E-state index in [0.717, 1.165) is 12.1 Å². The Morgan fingerprint density at radius 1 is 1.10 bits per heavy atom. The Hall–Kier alpha value is -3.41. The molecule has 3 rings (SSSR count). The summed E-state index contributed by atoms with van der Waals surface area (Å²) in [4.78, 5) is 12.3. The van der Waals surface area contributed by atoms with E-state index in [1.54, 1.807) is 36.4 Å². The van der Waals surface area contributed by atoms with E-state index < -0.39 is 18.0 Å². The van der Waals surface area contributed by atoms with Crippen molar-refractivity contribution in [2.24, 2.45) is 0 Å². The quantitative estimate of drug-likeness (QED) is 0.335. The van der Waals surface area contributed by atoms with Crippen LogP contribution in [0.15, 0.2) is 64.6 Å². The lowest BCUT2D eigenvalue weighted by atomic mass is 10.2. The van der Waals surface area contributed by atoms with Gasteiger partial charge in [-0.25, -0.2) is 0 Å². The maximum atomic E-state index is 12.3. The highest BCUT2D eigenvalue weighted by molar-refractivity contribution is 6.35. The van der Waals surface area contributed by atoms with Gasteiger partial charge in [0.05, 0.1) is 5.02 Å². The molecule has 1 N–H and O–H groups in total. The molecule has 1 heterocycles. The monoisotopic (exact) mass is 466 g/mol. The summed E-state index contributed by atoms with van der Waals surface area (Å²) < 4.78 is 46.0. The molecule has 0 aliphatic heterocycles. The lowest BCUT2D eigenvalue weighted by Crippen LogP contribution is -2.17. The van der Waals surface area contributed by atoms with Crippen molar-refractivity contribution in [2.45, 2.75) is 6.36 Å². The van der Waals surface area contributed by atoms with Crippen LogP contribution in [0.4, 0.5) is 18.9 Å². The molecule has 1 aromatic heterocycles. The molecular formula is C21H11Cl2F3N2O3. The van der Waals surface area contributed by atoms with Gasteiger partial charge in [-0.2, -0.15) is 5.26 Å². The van der Waals surface area contributed by atoms with Crippen LogP contribution < -0.4 is 10.1 Å². The molecule has 0 saturated carbocycles. The van der Waals surface area contributed by atoms with Gasteiger partial charge in [-0.15, -0.1) is 13.2 Å². The van der Waals surface area contributed by atoms with Crippen molar-refractivity contribution in [1.82, 2.24) is 0 Å².